The number of halogens is 1. The molecule has 1 heterocycles. The van der Waals surface area contributed by atoms with Crippen molar-refractivity contribution >= 4 is 21.6 Å². The van der Waals surface area contributed by atoms with Crippen molar-refractivity contribution in [1.82, 2.24) is 5.32 Å². The van der Waals surface area contributed by atoms with E-state index in [9.17, 15) is 17.6 Å². The highest BCUT2D eigenvalue weighted by Gasteiger charge is 2.30. The van der Waals surface area contributed by atoms with E-state index in [-0.39, 0.29) is 5.82 Å². The van der Waals surface area contributed by atoms with Crippen molar-refractivity contribution in [3.8, 4) is 11.5 Å². The Hall–Kier alpha value is -2.81. The standard InChI is InChI=1S/C20H23FN2O5S/c1-14(20(24)22-10-9-15-3-5-16(21)6-4-15)23(29(2,25)26)17-7-8-18-19(13-17)28-12-11-27-18/h3-8,13-14H,9-12H2,1-2H3,(H,22,24)/t14-/m1/s1. The van der Waals surface area contributed by atoms with Crippen molar-refractivity contribution in [3.63, 3.8) is 0 Å². The van der Waals surface area contributed by atoms with Crippen molar-refractivity contribution in [2.24, 2.45) is 0 Å². The summed E-state index contributed by atoms with van der Waals surface area (Å²) in [6, 6.07) is 9.78. The zero-order valence-corrected chi connectivity index (χ0v) is 17.0. The predicted octanol–water partition coefficient (Wildman–Crippen LogP) is 2.11. The summed E-state index contributed by atoms with van der Waals surface area (Å²) >= 11 is 0. The fourth-order valence-corrected chi connectivity index (χ4v) is 4.27. The lowest BCUT2D eigenvalue weighted by Gasteiger charge is -2.29. The second-order valence-electron chi connectivity index (χ2n) is 6.73. The zero-order chi connectivity index (χ0) is 21.0. The number of ether oxygens (including phenoxy) is 2. The summed E-state index contributed by atoms with van der Waals surface area (Å²) in [6.07, 6.45) is 1.55. The van der Waals surface area contributed by atoms with E-state index in [0.29, 0.717) is 43.4 Å². The third kappa shape index (κ3) is 5.17. The van der Waals surface area contributed by atoms with Gasteiger partial charge in [0.25, 0.3) is 0 Å². The molecule has 3 rings (SSSR count). The van der Waals surface area contributed by atoms with Crippen LogP contribution in [0.1, 0.15) is 12.5 Å². The smallest absolute Gasteiger partial charge is 0.243 e. The molecule has 1 aliphatic heterocycles. The molecule has 2 aromatic carbocycles. The molecule has 0 aromatic heterocycles. The predicted molar refractivity (Wildman–Crippen MR) is 107 cm³/mol. The zero-order valence-electron chi connectivity index (χ0n) is 16.2. The first-order chi connectivity index (χ1) is 13.8. The number of nitrogens with one attached hydrogen (secondary N) is 1. The SMILES string of the molecule is C[C@H](C(=O)NCCc1ccc(F)cc1)N(c1ccc2c(c1)OCCO2)S(C)(=O)=O. The summed E-state index contributed by atoms with van der Waals surface area (Å²) in [6.45, 7) is 2.61. The highest BCUT2D eigenvalue weighted by molar-refractivity contribution is 7.92. The van der Waals surface area contributed by atoms with Crippen molar-refractivity contribution in [2.75, 3.05) is 30.3 Å². The molecule has 1 aliphatic rings. The van der Waals surface area contributed by atoms with E-state index in [0.717, 1.165) is 16.1 Å². The number of rotatable bonds is 7. The molecule has 1 atom stereocenters. The Labute approximate surface area is 169 Å². The lowest BCUT2D eigenvalue weighted by Crippen LogP contribution is -2.48. The molecule has 0 bridgehead atoms. The van der Waals surface area contributed by atoms with Gasteiger partial charge in [0.05, 0.1) is 11.9 Å². The van der Waals surface area contributed by atoms with Crippen molar-refractivity contribution in [1.29, 1.82) is 0 Å². The maximum atomic E-state index is 13.0. The summed E-state index contributed by atoms with van der Waals surface area (Å²) in [5.74, 6) is 0.207. The van der Waals surface area contributed by atoms with Gasteiger partial charge in [0.15, 0.2) is 11.5 Å². The second-order valence-corrected chi connectivity index (χ2v) is 8.59. The Kier molecular flexibility index (Phi) is 6.26. The topological polar surface area (TPSA) is 84.9 Å². The lowest BCUT2D eigenvalue weighted by atomic mass is 10.1. The Morgan fingerprint density at radius 3 is 2.45 bits per heavy atom. The van der Waals surface area contributed by atoms with E-state index in [2.05, 4.69) is 5.32 Å². The van der Waals surface area contributed by atoms with Gasteiger partial charge in [-0.15, -0.1) is 0 Å². The van der Waals surface area contributed by atoms with E-state index in [1.165, 1.54) is 19.1 Å². The minimum Gasteiger partial charge on any atom is -0.486 e. The van der Waals surface area contributed by atoms with E-state index >= 15 is 0 Å². The van der Waals surface area contributed by atoms with Gasteiger partial charge in [0.1, 0.15) is 25.1 Å². The molecule has 7 nitrogen and oxygen atoms in total. The largest absolute Gasteiger partial charge is 0.486 e. The molecule has 1 amide bonds. The third-order valence-corrected chi connectivity index (χ3v) is 5.74. The average molecular weight is 422 g/mol. The van der Waals surface area contributed by atoms with Crippen molar-refractivity contribution in [3.05, 3.63) is 53.8 Å². The van der Waals surface area contributed by atoms with Crippen LogP contribution in [0.15, 0.2) is 42.5 Å². The Morgan fingerprint density at radius 2 is 1.79 bits per heavy atom. The first kappa shape index (κ1) is 20.9. The maximum absolute atomic E-state index is 13.0. The Balaban J connectivity index is 1.71. The summed E-state index contributed by atoms with van der Waals surface area (Å²) in [5.41, 5.74) is 1.18. The molecule has 0 saturated carbocycles. The van der Waals surface area contributed by atoms with Crippen molar-refractivity contribution in [2.45, 2.75) is 19.4 Å². The van der Waals surface area contributed by atoms with Crippen LogP contribution in [0, 0.1) is 5.82 Å². The monoisotopic (exact) mass is 422 g/mol. The highest BCUT2D eigenvalue weighted by Crippen LogP contribution is 2.35. The molecule has 0 aliphatic carbocycles. The molecule has 0 saturated heterocycles. The normalized spacial score (nSPS) is 14.2. The number of carbonyl (C=O) groups excluding carboxylic acids is 1. The molecule has 0 unspecified atom stereocenters. The van der Waals surface area contributed by atoms with Gasteiger partial charge in [-0.3, -0.25) is 9.10 Å². The summed E-state index contributed by atoms with van der Waals surface area (Å²) in [4.78, 5) is 12.6. The number of sulfonamides is 1. The van der Waals surface area contributed by atoms with E-state index in [1.807, 2.05) is 0 Å². The molecule has 0 radical (unpaired) electrons. The minimum absolute atomic E-state index is 0.299. The van der Waals surface area contributed by atoms with Crippen LogP contribution in [0.5, 0.6) is 11.5 Å². The molecule has 156 valence electrons. The first-order valence-corrected chi connectivity index (χ1v) is 11.0. The molecule has 0 spiro atoms. The highest BCUT2D eigenvalue weighted by atomic mass is 32.2. The van der Waals surface area contributed by atoms with Crippen LogP contribution in [-0.4, -0.2) is 46.4 Å². The molecule has 1 N–H and O–H groups in total. The van der Waals surface area contributed by atoms with Crippen LogP contribution in [0.25, 0.3) is 0 Å². The van der Waals surface area contributed by atoms with Crippen LogP contribution in [0.4, 0.5) is 10.1 Å². The van der Waals surface area contributed by atoms with Gasteiger partial charge >= 0.3 is 0 Å². The van der Waals surface area contributed by atoms with E-state index in [1.54, 1.807) is 30.3 Å². The van der Waals surface area contributed by atoms with Gasteiger partial charge in [-0.25, -0.2) is 12.8 Å². The Bertz CT molecular complexity index is 979. The quantitative estimate of drug-likeness (QED) is 0.739. The van der Waals surface area contributed by atoms with Crippen molar-refractivity contribution < 1.29 is 27.1 Å². The van der Waals surface area contributed by atoms with Crippen LogP contribution in [0.2, 0.25) is 0 Å². The summed E-state index contributed by atoms with van der Waals surface area (Å²) in [5, 5.41) is 2.74. The number of hydrogen-bond donors (Lipinski definition) is 1. The van der Waals surface area contributed by atoms with E-state index < -0.39 is 22.0 Å². The molecule has 9 heteroatoms. The molecule has 2 aromatic rings. The fourth-order valence-electron chi connectivity index (χ4n) is 3.11. The van der Waals surface area contributed by atoms with E-state index in [4.69, 9.17) is 9.47 Å². The van der Waals surface area contributed by atoms with Gasteiger partial charge in [-0.05, 0) is 43.2 Å². The number of anilines is 1. The maximum Gasteiger partial charge on any atom is 0.243 e. The number of amides is 1. The summed E-state index contributed by atoms with van der Waals surface area (Å²) in [7, 11) is -3.74. The van der Waals surface area contributed by atoms with Gasteiger partial charge in [0, 0.05) is 12.6 Å². The molecule has 29 heavy (non-hydrogen) atoms. The number of benzene rings is 2. The van der Waals surface area contributed by atoms with Crippen LogP contribution in [0.3, 0.4) is 0 Å². The van der Waals surface area contributed by atoms with Gasteiger partial charge in [-0.2, -0.15) is 0 Å². The number of nitrogens with zero attached hydrogens (tertiary/aromatic N) is 1. The lowest BCUT2D eigenvalue weighted by molar-refractivity contribution is -0.121. The van der Waals surface area contributed by atoms with Crippen LogP contribution >= 0.6 is 0 Å². The number of fused-ring (bicyclic) bond motifs is 1. The molecule has 0 fully saturated rings. The van der Waals surface area contributed by atoms with Gasteiger partial charge < -0.3 is 14.8 Å². The van der Waals surface area contributed by atoms with Gasteiger partial charge in [0.2, 0.25) is 15.9 Å². The first-order valence-electron chi connectivity index (χ1n) is 9.17. The average Bonchev–Trinajstić information content (AvgIpc) is 2.68. The minimum atomic E-state index is -3.74. The molecular weight excluding hydrogens is 399 g/mol. The number of carbonyl (C=O) groups is 1. The fraction of sp³-hybridized carbons (Fsp3) is 0.350. The van der Waals surface area contributed by atoms with Crippen LogP contribution < -0.4 is 19.1 Å². The second kappa shape index (κ2) is 8.69. The molecular formula is C20H23FN2O5S. The van der Waals surface area contributed by atoms with Crippen LogP contribution in [-0.2, 0) is 21.2 Å². The third-order valence-electron chi connectivity index (χ3n) is 4.49. The Morgan fingerprint density at radius 1 is 1.14 bits per heavy atom. The number of hydrogen-bond acceptors (Lipinski definition) is 5. The van der Waals surface area contributed by atoms with Gasteiger partial charge in [-0.1, -0.05) is 12.1 Å². The summed E-state index contributed by atoms with van der Waals surface area (Å²) < 4.78 is 49.8.